The number of carbonyl (C=O) groups excluding carboxylic acids is 1. The maximum Gasteiger partial charge on any atom is 0.220 e. The summed E-state index contributed by atoms with van der Waals surface area (Å²) in [4.78, 5) is 23.7. The summed E-state index contributed by atoms with van der Waals surface area (Å²) in [6, 6.07) is 0.420. The van der Waals surface area contributed by atoms with Crippen molar-refractivity contribution in [2.45, 2.75) is 57.8 Å². The van der Waals surface area contributed by atoms with E-state index in [0.29, 0.717) is 18.9 Å². The fourth-order valence-electron chi connectivity index (χ4n) is 3.15. The molecule has 2 unspecified atom stereocenters. The smallest absolute Gasteiger partial charge is 0.220 e. The Balaban J connectivity index is 1.86. The number of nitrogens with zero attached hydrogens (tertiary/aromatic N) is 3. The summed E-state index contributed by atoms with van der Waals surface area (Å²) in [5.74, 6) is 0.0837. The van der Waals surface area contributed by atoms with E-state index in [1.54, 1.807) is 11.8 Å². The van der Waals surface area contributed by atoms with Crippen molar-refractivity contribution in [3.8, 4) is 0 Å². The molecule has 0 bridgehead atoms. The molecule has 1 N–H and O–H groups in total. The highest BCUT2D eigenvalue weighted by Gasteiger charge is 2.23. The third kappa shape index (κ3) is 5.66. The molecule has 1 saturated heterocycles. The minimum absolute atomic E-state index is 0.0837. The second-order valence-corrected chi connectivity index (χ2v) is 7.38. The van der Waals surface area contributed by atoms with Crippen LogP contribution in [0.25, 0.3) is 0 Å². The van der Waals surface area contributed by atoms with Gasteiger partial charge in [-0.3, -0.25) is 9.69 Å². The molecule has 0 saturated carbocycles. The molecular formula is C18H30N4O2S. The molecule has 0 aromatic carbocycles. The van der Waals surface area contributed by atoms with Crippen molar-refractivity contribution in [1.29, 1.82) is 0 Å². The van der Waals surface area contributed by atoms with Crippen LogP contribution < -0.4 is 5.32 Å². The normalized spacial score (nSPS) is 18.0. The van der Waals surface area contributed by atoms with Gasteiger partial charge in [-0.1, -0.05) is 11.8 Å². The second-order valence-electron chi connectivity index (χ2n) is 6.60. The summed E-state index contributed by atoms with van der Waals surface area (Å²) >= 11 is 1.54. The van der Waals surface area contributed by atoms with Crippen molar-refractivity contribution in [2.75, 3.05) is 32.6 Å². The van der Waals surface area contributed by atoms with Crippen molar-refractivity contribution < 1.29 is 9.53 Å². The zero-order valence-corrected chi connectivity index (χ0v) is 16.8. The average Bonchev–Trinajstić information content (AvgIpc) is 2.60. The molecule has 25 heavy (non-hydrogen) atoms. The van der Waals surface area contributed by atoms with Gasteiger partial charge in [0, 0.05) is 43.0 Å². The van der Waals surface area contributed by atoms with Gasteiger partial charge in [0.15, 0.2) is 5.16 Å². The van der Waals surface area contributed by atoms with Crippen molar-refractivity contribution in [3.63, 3.8) is 0 Å². The molecular weight excluding hydrogens is 336 g/mol. The van der Waals surface area contributed by atoms with E-state index in [2.05, 4.69) is 34.0 Å². The fourth-order valence-corrected chi connectivity index (χ4v) is 3.60. The lowest BCUT2D eigenvalue weighted by atomic mass is 10.1. The van der Waals surface area contributed by atoms with Gasteiger partial charge in [-0.15, -0.1) is 0 Å². The molecule has 140 valence electrons. The summed E-state index contributed by atoms with van der Waals surface area (Å²) in [6.45, 7) is 11.6. The Morgan fingerprint density at radius 1 is 1.24 bits per heavy atom. The first-order valence-electron chi connectivity index (χ1n) is 8.91. The average molecular weight is 367 g/mol. The summed E-state index contributed by atoms with van der Waals surface area (Å²) in [7, 11) is 0. The van der Waals surface area contributed by atoms with E-state index in [9.17, 15) is 4.79 Å². The van der Waals surface area contributed by atoms with Crippen molar-refractivity contribution in [1.82, 2.24) is 20.2 Å². The first-order chi connectivity index (χ1) is 11.9. The molecule has 1 aliphatic rings. The Hall–Kier alpha value is -1.18. The number of morpholine rings is 1. The maximum atomic E-state index is 12.4. The Morgan fingerprint density at radius 2 is 1.84 bits per heavy atom. The van der Waals surface area contributed by atoms with E-state index in [1.807, 2.05) is 20.1 Å². The first-order valence-corrected chi connectivity index (χ1v) is 10.1. The fraction of sp³-hybridized carbons (Fsp3) is 0.722. The van der Waals surface area contributed by atoms with Crippen LogP contribution in [0.2, 0.25) is 0 Å². The van der Waals surface area contributed by atoms with Crippen LogP contribution in [0.4, 0.5) is 0 Å². The maximum absolute atomic E-state index is 12.4. The zero-order valence-electron chi connectivity index (χ0n) is 16.0. The summed E-state index contributed by atoms with van der Waals surface area (Å²) in [5, 5.41) is 3.93. The van der Waals surface area contributed by atoms with Crippen LogP contribution in [0.15, 0.2) is 5.16 Å². The third-order valence-corrected chi connectivity index (χ3v) is 5.47. The van der Waals surface area contributed by atoms with Gasteiger partial charge in [0.1, 0.15) is 0 Å². The number of thioether (sulfide) groups is 1. The molecule has 1 aliphatic heterocycles. The van der Waals surface area contributed by atoms with E-state index < -0.39 is 0 Å². The van der Waals surface area contributed by atoms with Crippen LogP contribution >= 0.6 is 11.8 Å². The van der Waals surface area contributed by atoms with Gasteiger partial charge >= 0.3 is 0 Å². The number of aryl methyl sites for hydroxylation is 2. The van der Waals surface area contributed by atoms with Crippen LogP contribution in [0, 0.1) is 13.8 Å². The molecule has 1 aromatic heterocycles. The Bertz CT molecular complexity index is 567. The predicted molar refractivity (Wildman–Crippen MR) is 101 cm³/mol. The molecule has 7 heteroatoms. The number of amides is 1. The largest absolute Gasteiger partial charge is 0.379 e. The number of carbonyl (C=O) groups is 1. The van der Waals surface area contributed by atoms with Crippen molar-refractivity contribution in [3.05, 3.63) is 17.0 Å². The highest BCUT2D eigenvalue weighted by atomic mass is 32.2. The van der Waals surface area contributed by atoms with Gasteiger partial charge in [0.2, 0.25) is 5.91 Å². The number of nitrogens with one attached hydrogen (secondary N) is 1. The Morgan fingerprint density at radius 3 is 2.40 bits per heavy atom. The molecule has 1 amide bonds. The summed E-state index contributed by atoms with van der Waals surface area (Å²) in [6.07, 6.45) is 3.11. The second kappa shape index (κ2) is 9.50. The zero-order chi connectivity index (χ0) is 18.4. The van der Waals surface area contributed by atoms with Crippen LogP contribution in [0.1, 0.15) is 37.2 Å². The topological polar surface area (TPSA) is 67.4 Å². The van der Waals surface area contributed by atoms with Crippen LogP contribution in [0.5, 0.6) is 0 Å². The lowest BCUT2D eigenvalue weighted by Crippen LogP contribution is -2.52. The van der Waals surface area contributed by atoms with Gasteiger partial charge < -0.3 is 10.1 Å². The molecule has 6 nitrogen and oxygen atoms in total. The van der Waals surface area contributed by atoms with Crippen LogP contribution in [-0.4, -0.2) is 65.4 Å². The number of hydrogen-bond donors (Lipinski definition) is 1. The van der Waals surface area contributed by atoms with E-state index in [4.69, 9.17) is 4.74 Å². The third-order valence-electron chi connectivity index (χ3n) is 4.92. The standard InChI is InChI=1S/C18H30N4O2S/c1-12(15(4)22-8-10-24-11-9-22)19-17(23)7-6-16-13(2)20-18(25-5)21-14(16)3/h12,15H,6-11H2,1-5H3,(H,19,23). The molecule has 2 atom stereocenters. The number of ether oxygens (including phenoxy) is 1. The minimum atomic E-state index is 0.0837. The van der Waals surface area contributed by atoms with E-state index in [-0.39, 0.29) is 11.9 Å². The number of rotatable bonds is 7. The monoisotopic (exact) mass is 366 g/mol. The van der Waals surface area contributed by atoms with Crippen molar-refractivity contribution in [2.24, 2.45) is 0 Å². The molecule has 1 fully saturated rings. The number of aromatic nitrogens is 2. The summed E-state index contributed by atoms with van der Waals surface area (Å²) < 4.78 is 5.39. The first kappa shape index (κ1) is 20.1. The van der Waals surface area contributed by atoms with E-state index in [1.165, 1.54) is 0 Å². The van der Waals surface area contributed by atoms with E-state index >= 15 is 0 Å². The Kier molecular flexibility index (Phi) is 7.65. The molecule has 0 aliphatic carbocycles. The lowest BCUT2D eigenvalue weighted by Gasteiger charge is -2.35. The van der Waals surface area contributed by atoms with Gasteiger partial charge in [-0.2, -0.15) is 0 Å². The highest BCUT2D eigenvalue weighted by Crippen LogP contribution is 2.17. The van der Waals surface area contributed by atoms with Gasteiger partial charge in [-0.25, -0.2) is 9.97 Å². The van der Waals surface area contributed by atoms with Gasteiger partial charge in [-0.05, 0) is 45.9 Å². The van der Waals surface area contributed by atoms with Crippen LogP contribution in [-0.2, 0) is 16.0 Å². The van der Waals surface area contributed by atoms with Crippen LogP contribution in [0.3, 0.4) is 0 Å². The highest BCUT2D eigenvalue weighted by molar-refractivity contribution is 7.98. The quantitative estimate of drug-likeness (QED) is 0.588. The summed E-state index contributed by atoms with van der Waals surface area (Å²) in [5.41, 5.74) is 3.03. The van der Waals surface area contributed by atoms with Gasteiger partial charge in [0.25, 0.3) is 0 Å². The molecule has 0 radical (unpaired) electrons. The molecule has 0 spiro atoms. The SMILES string of the molecule is CSc1nc(C)c(CCC(=O)NC(C)C(C)N2CCOCC2)c(C)n1. The molecule has 1 aromatic rings. The Labute approximate surface area is 155 Å². The lowest BCUT2D eigenvalue weighted by molar-refractivity contribution is -0.122. The minimum Gasteiger partial charge on any atom is -0.379 e. The van der Waals surface area contributed by atoms with Crippen molar-refractivity contribution >= 4 is 17.7 Å². The molecule has 2 rings (SSSR count). The predicted octanol–water partition coefficient (Wildman–Crippen LogP) is 1.97. The van der Waals surface area contributed by atoms with Gasteiger partial charge in [0.05, 0.1) is 13.2 Å². The molecule has 2 heterocycles. The number of hydrogen-bond acceptors (Lipinski definition) is 6. The van der Waals surface area contributed by atoms with E-state index in [0.717, 1.165) is 48.4 Å².